The van der Waals surface area contributed by atoms with Crippen molar-refractivity contribution in [1.29, 1.82) is 0 Å². The average molecular weight is 158 g/mol. The highest BCUT2D eigenvalue weighted by molar-refractivity contribution is 4.83. The molecule has 0 aromatic rings. The van der Waals surface area contributed by atoms with Crippen LogP contribution in [0.2, 0.25) is 0 Å². The predicted molar refractivity (Wildman–Crippen MR) is 44.3 cm³/mol. The van der Waals surface area contributed by atoms with Crippen LogP contribution in [0.4, 0.5) is 0 Å². The Morgan fingerprint density at radius 3 is 2.00 bits per heavy atom. The Morgan fingerprint density at radius 1 is 0.909 bits per heavy atom. The van der Waals surface area contributed by atoms with Gasteiger partial charge in [0.05, 0.1) is 18.3 Å². The Balaban J connectivity index is 2.63. The third kappa shape index (κ3) is 1.57. The third-order valence-corrected chi connectivity index (χ3v) is 3.02. The summed E-state index contributed by atoms with van der Waals surface area (Å²) in [5.74, 6) is 0.815. The molecule has 66 valence electrons. The fourth-order valence-electron chi connectivity index (χ4n) is 1.71. The van der Waals surface area contributed by atoms with Gasteiger partial charge >= 0.3 is 0 Å². The van der Waals surface area contributed by atoms with Crippen LogP contribution in [-0.4, -0.2) is 23.4 Å². The zero-order valence-electron chi connectivity index (χ0n) is 7.74. The first-order chi connectivity index (χ1) is 5.04. The molecule has 0 amide bonds. The van der Waals surface area contributed by atoms with Crippen molar-refractivity contribution in [3.05, 3.63) is 0 Å². The lowest BCUT2D eigenvalue weighted by molar-refractivity contribution is -0.154. The summed E-state index contributed by atoms with van der Waals surface area (Å²) in [7, 11) is 0. The van der Waals surface area contributed by atoms with Gasteiger partial charge in [-0.25, -0.2) is 0 Å². The largest absolute Gasteiger partial charge is 0.390 e. The van der Waals surface area contributed by atoms with Gasteiger partial charge in [-0.15, -0.1) is 0 Å². The molecule has 5 atom stereocenters. The molecule has 1 fully saturated rings. The van der Waals surface area contributed by atoms with E-state index >= 15 is 0 Å². The van der Waals surface area contributed by atoms with E-state index in [4.69, 9.17) is 4.74 Å². The molecule has 0 aromatic carbocycles. The quantitative estimate of drug-likeness (QED) is 0.578. The second-order valence-electron chi connectivity index (χ2n) is 3.76. The van der Waals surface area contributed by atoms with E-state index in [2.05, 4.69) is 20.8 Å². The van der Waals surface area contributed by atoms with Crippen LogP contribution < -0.4 is 0 Å². The Bertz CT molecular complexity index is 122. The van der Waals surface area contributed by atoms with Gasteiger partial charge in [0.1, 0.15) is 0 Å². The van der Waals surface area contributed by atoms with Crippen molar-refractivity contribution in [3.63, 3.8) is 0 Å². The molecule has 2 nitrogen and oxygen atoms in total. The van der Waals surface area contributed by atoms with Crippen molar-refractivity contribution in [2.24, 2.45) is 11.8 Å². The highest BCUT2D eigenvalue weighted by atomic mass is 16.5. The molecular weight excluding hydrogens is 140 g/mol. The molecule has 0 spiro atoms. The van der Waals surface area contributed by atoms with Crippen LogP contribution in [0.5, 0.6) is 0 Å². The van der Waals surface area contributed by atoms with E-state index in [-0.39, 0.29) is 18.3 Å². The van der Waals surface area contributed by atoms with Gasteiger partial charge in [-0.2, -0.15) is 0 Å². The van der Waals surface area contributed by atoms with Crippen LogP contribution in [0.25, 0.3) is 0 Å². The van der Waals surface area contributed by atoms with Crippen LogP contribution in [-0.2, 0) is 4.74 Å². The Morgan fingerprint density at radius 2 is 1.45 bits per heavy atom. The molecule has 0 aliphatic carbocycles. The van der Waals surface area contributed by atoms with Crippen molar-refractivity contribution >= 4 is 0 Å². The van der Waals surface area contributed by atoms with E-state index in [9.17, 15) is 5.11 Å². The molecule has 0 saturated carbocycles. The van der Waals surface area contributed by atoms with E-state index in [1.54, 1.807) is 0 Å². The molecule has 1 heterocycles. The van der Waals surface area contributed by atoms with Crippen molar-refractivity contribution in [2.45, 2.75) is 46.0 Å². The van der Waals surface area contributed by atoms with E-state index in [1.165, 1.54) is 0 Å². The first-order valence-corrected chi connectivity index (χ1v) is 4.37. The van der Waals surface area contributed by atoms with Crippen LogP contribution in [0, 0.1) is 11.8 Å². The number of hydrogen-bond acceptors (Lipinski definition) is 2. The zero-order valence-corrected chi connectivity index (χ0v) is 7.74. The van der Waals surface area contributed by atoms with Gasteiger partial charge in [-0.3, -0.25) is 0 Å². The summed E-state index contributed by atoms with van der Waals surface area (Å²) in [6, 6.07) is 0. The minimum atomic E-state index is -0.291. The molecular formula is C9H18O2. The van der Waals surface area contributed by atoms with E-state index in [1.807, 2.05) is 6.92 Å². The van der Waals surface area contributed by atoms with Gasteiger partial charge in [0.15, 0.2) is 0 Å². The smallest absolute Gasteiger partial charge is 0.0828 e. The number of aliphatic hydroxyl groups is 1. The molecule has 1 N–H and O–H groups in total. The van der Waals surface area contributed by atoms with Gasteiger partial charge in [-0.1, -0.05) is 13.8 Å². The minimum absolute atomic E-state index is 0.00352. The fourth-order valence-corrected chi connectivity index (χ4v) is 1.71. The van der Waals surface area contributed by atoms with Crippen molar-refractivity contribution < 1.29 is 9.84 Å². The zero-order chi connectivity index (χ0) is 8.59. The SMILES string of the molecule is CC1OC(C)C(O)C(C)C1C. The lowest BCUT2D eigenvalue weighted by atomic mass is 9.82. The summed E-state index contributed by atoms with van der Waals surface area (Å²) < 4.78 is 5.53. The topological polar surface area (TPSA) is 29.5 Å². The van der Waals surface area contributed by atoms with Crippen molar-refractivity contribution in [1.82, 2.24) is 0 Å². The van der Waals surface area contributed by atoms with E-state index in [0.29, 0.717) is 11.8 Å². The molecule has 2 heteroatoms. The van der Waals surface area contributed by atoms with Crippen molar-refractivity contribution in [3.8, 4) is 0 Å². The second-order valence-corrected chi connectivity index (χ2v) is 3.76. The first-order valence-electron chi connectivity index (χ1n) is 4.37. The van der Waals surface area contributed by atoms with E-state index < -0.39 is 0 Å². The third-order valence-electron chi connectivity index (χ3n) is 3.02. The monoisotopic (exact) mass is 158 g/mol. The molecule has 0 bridgehead atoms. The summed E-state index contributed by atoms with van der Waals surface area (Å²) >= 11 is 0. The molecule has 1 aliphatic rings. The second kappa shape index (κ2) is 3.11. The maximum absolute atomic E-state index is 9.61. The summed E-state index contributed by atoms with van der Waals surface area (Å²) in [5.41, 5.74) is 0. The van der Waals surface area contributed by atoms with Gasteiger partial charge in [-0.05, 0) is 25.7 Å². The molecule has 0 aromatic heterocycles. The summed E-state index contributed by atoms with van der Waals surface area (Å²) in [4.78, 5) is 0. The van der Waals surface area contributed by atoms with Crippen LogP contribution in [0.3, 0.4) is 0 Å². The maximum atomic E-state index is 9.61. The predicted octanol–water partition coefficient (Wildman–Crippen LogP) is 1.43. The number of aliphatic hydroxyl groups excluding tert-OH is 1. The lowest BCUT2D eigenvalue weighted by Gasteiger charge is -2.40. The highest BCUT2D eigenvalue weighted by Gasteiger charge is 2.35. The van der Waals surface area contributed by atoms with Crippen LogP contribution >= 0.6 is 0 Å². The van der Waals surface area contributed by atoms with Crippen LogP contribution in [0.15, 0.2) is 0 Å². The maximum Gasteiger partial charge on any atom is 0.0828 e. The number of ether oxygens (including phenoxy) is 1. The standard InChI is InChI=1S/C9H18O2/c1-5-6(2)9(10)8(4)11-7(5)3/h5-10H,1-4H3. The minimum Gasteiger partial charge on any atom is -0.390 e. The molecule has 5 unspecified atom stereocenters. The van der Waals surface area contributed by atoms with Gasteiger partial charge in [0.2, 0.25) is 0 Å². The van der Waals surface area contributed by atoms with Crippen molar-refractivity contribution in [2.75, 3.05) is 0 Å². The fraction of sp³-hybridized carbons (Fsp3) is 1.00. The molecule has 1 rings (SSSR count). The van der Waals surface area contributed by atoms with Gasteiger partial charge < -0.3 is 9.84 Å². The van der Waals surface area contributed by atoms with Crippen LogP contribution in [0.1, 0.15) is 27.7 Å². The molecule has 0 radical (unpaired) electrons. The van der Waals surface area contributed by atoms with Gasteiger partial charge in [0, 0.05) is 0 Å². The Hall–Kier alpha value is -0.0800. The Labute approximate surface area is 68.6 Å². The number of hydrogen-bond donors (Lipinski definition) is 1. The normalized spacial score (nSPS) is 52.6. The average Bonchev–Trinajstić information content (AvgIpc) is 1.97. The summed E-state index contributed by atoms with van der Waals surface area (Å²) in [5, 5.41) is 9.61. The summed E-state index contributed by atoms with van der Waals surface area (Å²) in [6.45, 7) is 8.22. The number of rotatable bonds is 0. The molecule has 11 heavy (non-hydrogen) atoms. The van der Waals surface area contributed by atoms with Gasteiger partial charge in [0.25, 0.3) is 0 Å². The Kier molecular flexibility index (Phi) is 2.55. The molecule has 1 saturated heterocycles. The lowest BCUT2D eigenvalue weighted by Crippen LogP contribution is -2.46. The first kappa shape index (κ1) is 9.01. The highest BCUT2D eigenvalue weighted by Crippen LogP contribution is 2.29. The van der Waals surface area contributed by atoms with E-state index in [0.717, 1.165) is 0 Å². The summed E-state index contributed by atoms with van der Waals surface area (Å²) in [6.07, 6.45) is -0.0131. The molecule has 1 aliphatic heterocycles.